The summed E-state index contributed by atoms with van der Waals surface area (Å²) in [4.78, 5) is 38.7. The van der Waals surface area contributed by atoms with Crippen molar-refractivity contribution in [1.82, 2.24) is 4.90 Å². The zero-order valence-electron chi connectivity index (χ0n) is 16.1. The van der Waals surface area contributed by atoms with E-state index in [0.717, 1.165) is 16.0 Å². The van der Waals surface area contributed by atoms with Crippen LogP contribution < -0.4 is 10.6 Å². The van der Waals surface area contributed by atoms with Crippen molar-refractivity contribution in [1.29, 1.82) is 5.41 Å². The zero-order valence-corrected chi connectivity index (χ0v) is 16.1. The van der Waals surface area contributed by atoms with Gasteiger partial charge in [-0.3, -0.25) is 24.8 Å². The number of nitrogens with one attached hydrogen (secondary N) is 1. The molecule has 2 aromatic rings. The van der Waals surface area contributed by atoms with Crippen LogP contribution in [0.4, 0.5) is 10.5 Å². The zero-order chi connectivity index (χ0) is 21.0. The number of imide groups is 1. The van der Waals surface area contributed by atoms with Crippen LogP contribution >= 0.6 is 0 Å². The summed E-state index contributed by atoms with van der Waals surface area (Å²) in [6, 6.07) is 14.1. The summed E-state index contributed by atoms with van der Waals surface area (Å²) in [6.07, 6.45) is -0.0195. The van der Waals surface area contributed by atoms with E-state index in [4.69, 9.17) is 15.9 Å². The molecule has 8 heteroatoms. The molecule has 3 N–H and O–H groups in total. The lowest BCUT2D eigenvalue weighted by atomic mass is 10.0. The Kier molecular flexibility index (Phi) is 5.92. The molecule has 1 heterocycles. The summed E-state index contributed by atoms with van der Waals surface area (Å²) in [5.74, 6) is -0.772. The first-order chi connectivity index (χ1) is 13.9. The van der Waals surface area contributed by atoms with Crippen molar-refractivity contribution >= 4 is 29.4 Å². The number of nitrogens with zero attached hydrogens (tertiary/aromatic N) is 2. The van der Waals surface area contributed by atoms with Gasteiger partial charge in [0.25, 0.3) is 5.91 Å². The fraction of sp³-hybridized carbons (Fsp3) is 0.238. The largest absolute Gasteiger partial charge is 0.466 e. The van der Waals surface area contributed by atoms with Crippen LogP contribution in [0, 0.1) is 5.41 Å². The highest BCUT2D eigenvalue weighted by molar-refractivity contribution is 6.12. The van der Waals surface area contributed by atoms with E-state index in [2.05, 4.69) is 0 Å². The Morgan fingerprint density at radius 3 is 2.21 bits per heavy atom. The Balaban J connectivity index is 1.69. The van der Waals surface area contributed by atoms with Gasteiger partial charge in [-0.25, -0.2) is 4.79 Å². The maximum Gasteiger partial charge on any atom is 0.331 e. The Morgan fingerprint density at radius 2 is 1.66 bits per heavy atom. The van der Waals surface area contributed by atoms with Crippen LogP contribution in [-0.2, 0) is 14.3 Å². The van der Waals surface area contributed by atoms with Gasteiger partial charge in [0.1, 0.15) is 12.4 Å². The highest BCUT2D eigenvalue weighted by Crippen LogP contribution is 2.26. The Bertz CT molecular complexity index is 938. The third-order valence-corrected chi connectivity index (χ3v) is 4.61. The fourth-order valence-electron chi connectivity index (χ4n) is 3.08. The van der Waals surface area contributed by atoms with Crippen LogP contribution in [0.5, 0.6) is 0 Å². The van der Waals surface area contributed by atoms with Crippen molar-refractivity contribution in [3.05, 3.63) is 54.1 Å². The molecule has 0 spiro atoms. The van der Waals surface area contributed by atoms with Gasteiger partial charge in [-0.15, -0.1) is 0 Å². The van der Waals surface area contributed by atoms with E-state index in [0.29, 0.717) is 11.3 Å². The van der Waals surface area contributed by atoms with Gasteiger partial charge in [-0.1, -0.05) is 36.4 Å². The molecule has 8 nitrogen and oxygen atoms in total. The number of anilines is 1. The van der Waals surface area contributed by atoms with Crippen LogP contribution in [-0.4, -0.2) is 48.3 Å². The summed E-state index contributed by atoms with van der Waals surface area (Å²) in [7, 11) is 0. The monoisotopic (exact) mass is 394 g/mol. The van der Waals surface area contributed by atoms with E-state index in [1.165, 1.54) is 4.90 Å². The third-order valence-electron chi connectivity index (χ3n) is 4.61. The average Bonchev–Trinajstić information content (AvgIpc) is 3.00. The second-order valence-corrected chi connectivity index (χ2v) is 6.51. The van der Waals surface area contributed by atoms with Gasteiger partial charge in [0, 0.05) is 17.8 Å². The summed E-state index contributed by atoms with van der Waals surface area (Å²) in [6.45, 7) is 1.91. The number of carbonyl (C=O) groups is 3. The lowest BCUT2D eigenvalue weighted by Gasteiger charge is -2.17. The Labute approximate surface area is 168 Å². The number of esters is 1. The smallest absolute Gasteiger partial charge is 0.331 e. The molecule has 0 unspecified atom stereocenters. The minimum Gasteiger partial charge on any atom is -0.466 e. The number of ether oxygens (including phenoxy) is 1. The average molecular weight is 394 g/mol. The number of benzene rings is 2. The topological polar surface area (TPSA) is 117 Å². The second kappa shape index (κ2) is 8.55. The minimum absolute atomic E-state index is 0.00752. The van der Waals surface area contributed by atoms with Crippen LogP contribution in [0.3, 0.4) is 0 Å². The number of urea groups is 1. The van der Waals surface area contributed by atoms with Crippen LogP contribution in [0.15, 0.2) is 48.5 Å². The van der Waals surface area contributed by atoms with E-state index < -0.39 is 12.0 Å². The van der Waals surface area contributed by atoms with Crippen molar-refractivity contribution in [2.24, 2.45) is 5.73 Å². The Morgan fingerprint density at radius 1 is 1.07 bits per heavy atom. The van der Waals surface area contributed by atoms with E-state index in [1.807, 2.05) is 24.3 Å². The lowest BCUT2D eigenvalue weighted by Crippen LogP contribution is -2.34. The number of hydrogen-bond acceptors (Lipinski definition) is 5. The highest BCUT2D eigenvalue weighted by atomic mass is 16.5. The van der Waals surface area contributed by atoms with Crippen molar-refractivity contribution < 1.29 is 19.1 Å². The van der Waals surface area contributed by atoms with Gasteiger partial charge in [0.05, 0.1) is 13.0 Å². The van der Waals surface area contributed by atoms with Gasteiger partial charge < -0.3 is 10.5 Å². The number of amidine groups is 1. The van der Waals surface area contributed by atoms with E-state index in [-0.39, 0.29) is 37.9 Å². The molecule has 0 bridgehead atoms. The van der Waals surface area contributed by atoms with Gasteiger partial charge in [-0.05, 0) is 30.2 Å². The maximum absolute atomic E-state index is 12.6. The molecule has 0 atom stereocenters. The first-order valence-corrected chi connectivity index (χ1v) is 9.23. The van der Waals surface area contributed by atoms with Gasteiger partial charge >= 0.3 is 12.0 Å². The van der Waals surface area contributed by atoms with Gasteiger partial charge in [0.15, 0.2) is 0 Å². The minimum atomic E-state index is -0.446. The molecule has 3 rings (SSSR count). The van der Waals surface area contributed by atoms with Gasteiger partial charge in [-0.2, -0.15) is 0 Å². The summed E-state index contributed by atoms with van der Waals surface area (Å²) < 4.78 is 4.84. The molecule has 1 fully saturated rings. The molecular weight excluding hydrogens is 372 g/mol. The first-order valence-electron chi connectivity index (χ1n) is 9.23. The van der Waals surface area contributed by atoms with E-state index in [9.17, 15) is 14.4 Å². The number of amides is 3. The van der Waals surface area contributed by atoms with Crippen molar-refractivity contribution in [2.45, 2.75) is 13.3 Å². The number of rotatable bonds is 7. The van der Waals surface area contributed by atoms with E-state index in [1.54, 1.807) is 31.2 Å². The SMILES string of the molecule is CCOC(=O)CCN1C(=O)CN(c2ccc(-c3ccc(C(=N)N)cc3)cc2)C1=O. The number of nitrogens with two attached hydrogens (primary N) is 1. The summed E-state index contributed by atoms with van der Waals surface area (Å²) in [5.41, 5.74) is 8.60. The molecule has 0 radical (unpaired) electrons. The van der Waals surface area contributed by atoms with Crippen LogP contribution in [0.1, 0.15) is 18.9 Å². The first kappa shape index (κ1) is 20.1. The molecule has 2 aromatic carbocycles. The molecule has 1 aliphatic rings. The second-order valence-electron chi connectivity index (χ2n) is 6.51. The molecule has 0 aliphatic carbocycles. The van der Waals surface area contributed by atoms with Gasteiger partial charge in [0.2, 0.25) is 0 Å². The van der Waals surface area contributed by atoms with Crippen LogP contribution in [0.2, 0.25) is 0 Å². The van der Waals surface area contributed by atoms with Crippen molar-refractivity contribution in [2.75, 3.05) is 24.6 Å². The number of nitrogen functional groups attached to an aromatic ring is 1. The number of hydrogen-bond donors (Lipinski definition) is 2. The Hall–Kier alpha value is -3.68. The quantitative estimate of drug-likeness (QED) is 0.324. The molecule has 29 heavy (non-hydrogen) atoms. The fourth-order valence-corrected chi connectivity index (χ4v) is 3.08. The highest BCUT2D eigenvalue weighted by Gasteiger charge is 2.36. The predicted molar refractivity (Wildman–Crippen MR) is 109 cm³/mol. The molecule has 0 saturated carbocycles. The molecule has 1 saturated heterocycles. The molecule has 0 aromatic heterocycles. The molecular formula is C21H22N4O4. The number of carbonyl (C=O) groups excluding carboxylic acids is 3. The van der Waals surface area contributed by atoms with Crippen molar-refractivity contribution in [3.63, 3.8) is 0 Å². The summed E-state index contributed by atoms with van der Waals surface area (Å²) >= 11 is 0. The van der Waals surface area contributed by atoms with Crippen LogP contribution in [0.25, 0.3) is 11.1 Å². The van der Waals surface area contributed by atoms with E-state index >= 15 is 0 Å². The normalized spacial score (nSPS) is 13.7. The predicted octanol–water partition coefficient (Wildman–Crippen LogP) is 2.36. The summed E-state index contributed by atoms with van der Waals surface area (Å²) in [5, 5.41) is 7.44. The molecule has 3 amide bonds. The third kappa shape index (κ3) is 4.43. The standard InChI is InChI=1S/C21H22N4O4/c1-2-29-19(27)11-12-24-18(26)13-25(21(24)28)17-9-7-15(8-10-17)14-3-5-16(6-4-14)20(22)23/h3-10H,2,11-13H2,1H3,(H3,22,23). The molecule has 150 valence electrons. The maximum atomic E-state index is 12.6. The van der Waals surface area contributed by atoms with Crippen molar-refractivity contribution in [3.8, 4) is 11.1 Å². The molecule has 1 aliphatic heterocycles. The lowest BCUT2D eigenvalue weighted by molar-refractivity contribution is -0.143.